The fraction of sp³-hybridized carbons (Fsp3) is 0.622. The molecule has 288 valence electrons. The highest BCUT2D eigenvalue weighted by molar-refractivity contribution is 7.85. The van der Waals surface area contributed by atoms with Crippen LogP contribution in [0.5, 0.6) is 5.88 Å². The molecule has 1 aromatic carbocycles. The van der Waals surface area contributed by atoms with E-state index >= 15 is 0 Å². The van der Waals surface area contributed by atoms with Gasteiger partial charge in [0.1, 0.15) is 29.8 Å². The normalized spacial score (nSPS) is 25.4. The molecule has 4 fully saturated rings. The van der Waals surface area contributed by atoms with Gasteiger partial charge in [-0.05, 0) is 69.1 Å². The first-order valence-electron chi connectivity index (χ1n) is 18.5. The molecule has 4 amide bonds. The topological polar surface area (TPSA) is 195 Å². The molecule has 5 atom stereocenters. The number of nitrogens with one attached hydrogen (secondary N) is 3. The van der Waals surface area contributed by atoms with Crippen LogP contribution in [0, 0.1) is 11.3 Å². The third kappa shape index (κ3) is 9.63. The highest BCUT2D eigenvalue weighted by atomic mass is 32.2. The molecule has 6 rings (SSSR count). The molecule has 3 aliphatic carbocycles. The highest BCUT2D eigenvalue weighted by Gasteiger charge is 2.51. The van der Waals surface area contributed by atoms with Crippen LogP contribution in [0.3, 0.4) is 0 Å². The molecule has 3 unspecified atom stereocenters. The number of carbonyl (C=O) groups excluding carboxylic acids is 4. The van der Waals surface area contributed by atoms with E-state index in [4.69, 9.17) is 13.7 Å². The van der Waals surface area contributed by atoms with Gasteiger partial charge in [0.25, 0.3) is 5.91 Å². The summed E-state index contributed by atoms with van der Waals surface area (Å²) in [4.78, 5) is 66.0. The van der Waals surface area contributed by atoms with E-state index in [2.05, 4.69) is 20.6 Å². The van der Waals surface area contributed by atoms with Crippen molar-refractivity contribution >= 4 is 34.1 Å². The summed E-state index contributed by atoms with van der Waals surface area (Å²) in [6.45, 7) is 7.30. The number of benzene rings is 1. The number of carbonyl (C=O) groups is 4. The summed E-state index contributed by atoms with van der Waals surface area (Å²) >= 11 is 0. The number of amides is 4. The molecule has 4 aliphatic rings. The Balaban J connectivity index is 1.25. The quantitative estimate of drug-likeness (QED) is 0.285. The Morgan fingerprint density at radius 2 is 1.68 bits per heavy atom. The Hall–Kier alpha value is -4.31. The lowest BCUT2D eigenvalue weighted by Gasteiger charge is -2.36. The maximum absolute atomic E-state index is 14.5. The molecule has 15 nitrogen and oxygen atoms in total. The average molecular weight is 755 g/mol. The van der Waals surface area contributed by atoms with Crippen LogP contribution in [0.1, 0.15) is 91.9 Å². The Kier molecular flexibility index (Phi) is 11.3. The molecule has 1 aliphatic heterocycles. The Morgan fingerprint density at radius 1 is 0.962 bits per heavy atom. The van der Waals surface area contributed by atoms with Crippen molar-refractivity contribution < 1.29 is 41.3 Å². The SMILES string of the molecule is CC1CCC(NC(=O)C2C[C@@H](Oc3ccnc(-c4ccccc4)n3)CN2C(=O)[C@@H](NC(=O)OC2CCCC2)C(C)(C)C)(C(=O)NS(=O)(=O)OC2CC2)C1. The molecule has 53 heavy (non-hydrogen) atoms. The van der Waals surface area contributed by atoms with Crippen molar-refractivity contribution in [1.82, 2.24) is 30.2 Å². The lowest BCUT2D eigenvalue weighted by molar-refractivity contribution is -0.143. The van der Waals surface area contributed by atoms with E-state index in [1.165, 1.54) is 4.90 Å². The number of hydrogen-bond acceptors (Lipinski definition) is 11. The van der Waals surface area contributed by atoms with Gasteiger partial charge in [-0.1, -0.05) is 58.0 Å². The van der Waals surface area contributed by atoms with Crippen molar-refractivity contribution in [3.63, 3.8) is 0 Å². The smallest absolute Gasteiger partial charge is 0.408 e. The third-order valence-electron chi connectivity index (χ3n) is 10.3. The van der Waals surface area contributed by atoms with Gasteiger partial charge in [-0.2, -0.15) is 13.4 Å². The number of likely N-dealkylation sites (tertiary alicyclic amines) is 1. The maximum Gasteiger partial charge on any atom is 0.408 e. The van der Waals surface area contributed by atoms with Crippen LogP contribution in [0.2, 0.25) is 0 Å². The molecule has 1 saturated heterocycles. The number of ether oxygens (including phenoxy) is 2. The fourth-order valence-corrected chi connectivity index (χ4v) is 8.39. The molecule has 0 radical (unpaired) electrons. The average Bonchev–Trinajstić information content (AvgIpc) is 3.42. The minimum absolute atomic E-state index is 0.00225. The second-order valence-electron chi connectivity index (χ2n) is 15.9. The van der Waals surface area contributed by atoms with Gasteiger partial charge in [-0.15, -0.1) is 0 Å². The number of rotatable bonds is 12. The number of hydrogen-bond donors (Lipinski definition) is 3. The Morgan fingerprint density at radius 3 is 2.32 bits per heavy atom. The van der Waals surface area contributed by atoms with Crippen LogP contribution >= 0.6 is 0 Å². The predicted molar refractivity (Wildman–Crippen MR) is 192 cm³/mol. The highest BCUT2D eigenvalue weighted by Crippen LogP contribution is 2.36. The summed E-state index contributed by atoms with van der Waals surface area (Å²) in [5, 5.41) is 5.64. The zero-order valence-corrected chi connectivity index (χ0v) is 31.5. The molecule has 3 saturated carbocycles. The van der Waals surface area contributed by atoms with Gasteiger partial charge in [0.2, 0.25) is 17.7 Å². The molecule has 2 heterocycles. The van der Waals surface area contributed by atoms with Crippen LogP contribution < -0.4 is 20.1 Å². The van der Waals surface area contributed by atoms with Crippen LogP contribution in [0.15, 0.2) is 42.6 Å². The van der Waals surface area contributed by atoms with E-state index in [1.54, 1.807) is 33.0 Å². The first-order valence-corrected chi connectivity index (χ1v) is 19.9. The largest absolute Gasteiger partial charge is 0.472 e. The van der Waals surface area contributed by atoms with E-state index in [9.17, 15) is 27.6 Å². The van der Waals surface area contributed by atoms with E-state index < -0.39 is 69.4 Å². The van der Waals surface area contributed by atoms with E-state index in [0.717, 1.165) is 31.2 Å². The molecular formula is C37H50N6O9S. The molecular weight excluding hydrogens is 705 g/mol. The van der Waals surface area contributed by atoms with Crippen molar-refractivity contribution in [3.8, 4) is 17.3 Å². The molecule has 2 aromatic rings. The zero-order chi connectivity index (χ0) is 38.0. The summed E-state index contributed by atoms with van der Waals surface area (Å²) in [6.07, 6.45) is 5.00. The lowest BCUT2D eigenvalue weighted by Crippen LogP contribution is -2.63. The van der Waals surface area contributed by atoms with E-state index in [-0.39, 0.29) is 43.7 Å². The molecule has 16 heteroatoms. The Labute approximate surface area is 310 Å². The molecule has 3 N–H and O–H groups in total. The van der Waals surface area contributed by atoms with Gasteiger partial charge >= 0.3 is 16.4 Å². The molecule has 1 aromatic heterocycles. The van der Waals surface area contributed by atoms with Gasteiger partial charge in [-0.25, -0.2) is 14.5 Å². The van der Waals surface area contributed by atoms with Crippen molar-refractivity contribution in [3.05, 3.63) is 42.6 Å². The van der Waals surface area contributed by atoms with Crippen molar-refractivity contribution in [2.75, 3.05) is 6.54 Å². The summed E-state index contributed by atoms with van der Waals surface area (Å²) in [6, 6.07) is 8.72. The summed E-state index contributed by atoms with van der Waals surface area (Å²) in [5.74, 6) is -1.39. The van der Waals surface area contributed by atoms with Gasteiger partial charge in [-0.3, -0.25) is 18.6 Å². The number of aromatic nitrogens is 2. The minimum atomic E-state index is -4.40. The van der Waals surface area contributed by atoms with Crippen LogP contribution in [-0.2, 0) is 33.6 Å². The maximum atomic E-state index is 14.5. The first-order chi connectivity index (χ1) is 25.1. The van der Waals surface area contributed by atoms with Crippen LogP contribution in [0.4, 0.5) is 4.79 Å². The fourth-order valence-electron chi connectivity index (χ4n) is 7.37. The van der Waals surface area contributed by atoms with Crippen molar-refractivity contribution in [2.45, 2.75) is 128 Å². The van der Waals surface area contributed by atoms with Crippen LogP contribution in [-0.4, -0.2) is 89.6 Å². The van der Waals surface area contributed by atoms with Crippen molar-refractivity contribution in [1.29, 1.82) is 0 Å². The summed E-state index contributed by atoms with van der Waals surface area (Å²) < 4.78 is 44.3. The Bertz CT molecular complexity index is 1780. The lowest BCUT2D eigenvalue weighted by atomic mass is 9.85. The predicted octanol–water partition coefficient (Wildman–Crippen LogP) is 3.79. The van der Waals surface area contributed by atoms with Gasteiger partial charge < -0.3 is 25.0 Å². The van der Waals surface area contributed by atoms with E-state index in [0.29, 0.717) is 25.1 Å². The van der Waals surface area contributed by atoms with Crippen molar-refractivity contribution in [2.24, 2.45) is 11.3 Å². The first kappa shape index (κ1) is 38.4. The monoisotopic (exact) mass is 754 g/mol. The summed E-state index contributed by atoms with van der Waals surface area (Å²) in [7, 11) is -4.40. The number of alkyl carbamates (subject to hydrolysis) is 1. The molecule has 0 bridgehead atoms. The van der Waals surface area contributed by atoms with Crippen LogP contribution in [0.25, 0.3) is 11.4 Å². The van der Waals surface area contributed by atoms with Gasteiger partial charge in [0.15, 0.2) is 5.82 Å². The number of nitrogens with zero attached hydrogens (tertiary/aromatic N) is 3. The minimum Gasteiger partial charge on any atom is -0.472 e. The second-order valence-corrected chi connectivity index (χ2v) is 17.2. The second kappa shape index (κ2) is 15.6. The van der Waals surface area contributed by atoms with Gasteiger partial charge in [0, 0.05) is 24.2 Å². The van der Waals surface area contributed by atoms with Gasteiger partial charge in [0.05, 0.1) is 12.6 Å². The summed E-state index contributed by atoms with van der Waals surface area (Å²) in [5.41, 5.74) is -1.57. The van der Waals surface area contributed by atoms with E-state index in [1.807, 2.05) is 42.0 Å². The standard InChI is InChI=1S/C37H50N6O9S/c1-23-16-18-37(21-23,34(46)42-53(48,49)52-26-14-15-26)41-32(44)28-20-27(50-29-17-19-38-31(39-29)24-10-6-5-7-11-24)22-43(28)33(45)30(36(2,3)4)40-35(47)51-25-12-8-9-13-25/h5-7,10-11,17,19,23,25-28,30H,8-9,12-16,18,20-22H2,1-4H3,(H,40,47)(H,41,44)(H,42,46)/t23?,27-,28?,30-,37?/m1/s1. The zero-order valence-electron chi connectivity index (χ0n) is 30.7. The third-order valence-corrected chi connectivity index (χ3v) is 11.3. The molecule has 0 spiro atoms.